The van der Waals surface area contributed by atoms with Crippen LogP contribution in [0.2, 0.25) is 0 Å². The molecular weight excluding hydrogens is 512 g/mol. The van der Waals surface area contributed by atoms with Gasteiger partial charge in [-0.05, 0) is 57.5 Å². The molecule has 41 heavy (non-hydrogen) atoms. The summed E-state index contributed by atoms with van der Waals surface area (Å²) in [5.41, 5.74) is 4.25. The largest absolute Gasteiger partial charge is 0.493 e. The number of esters is 1. The molecule has 0 radical (unpaired) electrons. The van der Waals surface area contributed by atoms with Crippen LogP contribution in [0, 0.1) is 0 Å². The fourth-order valence-corrected chi connectivity index (χ4v) is 4.98. The lowest BCUT2D eigenvalue weighted by Gasteiger charge is -2.13. The third-order valence-electron chi connectivity index (χ3n) is 7.19. The number of pyridine rings is 1. The summed E-state index contributed by atoms with van der Waals surface area (Å²) in [6, 6.07) is 20.3. The second-order valence-corrected chi connectivity index (χ2v) is 9.91. The Labute approximate surface area is 241 Å². The van der Waals surface area contributed by atoms with Gasteiger partial charge in [-0.3, -0.25) is 4.79 Å². The molecule has 0 N–H and O–H groups in total. The van der Waals surface area contributed by atoms with E-state index >= 15 is 0 Å². The van der Waals surface area contributed by atoms with Crippen LogP contribution < -0.4 is 19.7 Å². The fraction of sp³-hybridized carbons (Fsp3) is 0.257. The normalized spacial score (nSPS) is 15.3. The molecule has 0 bridgehead atoms. The molecule has 0 fully saturated rings. The van der Waals surface area contributed by atoms with Gasteiger partial charge in [0, 0.05) is 34.9 Å². The molecule has 6 heteroatoms. The first-order valence-electron chi connectivity index (χ1n) is 13.9. The van der Waals surface area contributed by atoms with Gasteiger partial charge in [-0.15, -0.1) is 0 Å². The van der Waals surface area contributed by atoms with E-state index in [0.717, 1.165) is 27.7 Å². The SMILES string of the molecule is CCOC(=O)C(/C=C(C(C)=O)\C(=C\c1ccc2ccccc2[n+]1C)OCC)=C(C)/C=C1\CC=c2ccccc2=[N+]1C. The topological polar surface area (TPSA) is 59.5 Å². The number of para-hydroxylation sites is 2. The molecule has 4 rings (SSSR count). The quantitative estimate of drug-likeness (QED) is 0.131. The van der Waals surface area contributed by atoms with E-state index in [2.05, 4.69) is 33.4 Å². The summed E-state index contributed by atoms with van der Waals surface area (Å²) in [5, 5.41) is 3.38. The van der Waals surface area contributed by atoms with Crippen molar-refractivity contribution >= 4 is 34.8 Å². The van der Waals surface area contributed by atoms with Gasteiger partial charge in [0.25, 0.3) is 0 Å². The number of fused-ring (bicyclic) bond motifs is 2. The highest BCUT2D eigenvalue weighted by Crippen LogP contribution is 2.23. The number of Topliss-reactive ketones (excluding diaryl/α,β-unsaturated/α-hetero) is 1. The third-order valence-corrected chi connectivity index (χ3v) is 7.19. The van der Waals surface area contributed by atoms with E-state index in [-0.39, 0.29) is 12.4 Å². The fourth-order valence-electron chi connectivity index (χ4n) is 4.98. The predicted molar refractivity (Wildman–Crippen MR) is 163 cm³/mol. The summed E-state index contributed by atoms with van der Waals surface area (Å²) >= 11 is 0. The highest BCUT2D eigenvalue weighted by Gasteiger charge is 2.22. The summed E-state index contributed by atoms with van der Waals surface area (Å²) in [6.07, 6.45) is 8.33. The minimum Gasteiger partial charge on any atom is -0.493 e. The van der Waals surface area contributed by atoms with Crippen LogP contribution in [-0.2, 0) is 26.1 Å². The maximum Gasteiger partial charge on any atom is 0.338 e. The Bertz CT molecular complexity index is 1760. The van der Waals surface area contributed by atoms with Gasteiger partial charge >= 0.3 is 5.97 Å². The van der Waals surface area contributed by atoms with Gasteiger partial charge in [0.15, 0.2) is 11.5 Å². The van der Waals surface area contributed by atoms with E-state index in [0.29, 0.717) is 35.5 Å². The lowest BCUT2D eigenvalue weighted by Crippen LogP contribution is -2.40. The molecule has 2 aromatic carbocycles. The molecule has 1 aliphatic heterocycles. The van der Waals surface area contributed by atoms with Crippen molar-refractivity contribution in [1.29, 1.82) is 0 Å². The summed E-state index contributed by atoms with van der Waals surface area (Å²) in [6.45, 7) is 7.57. The van der Waals surface area contributed by atoms with Crippen molar-refractivity contribution in [2.75, 3.05) is 20.3 Å². The Morgan fingerprint density at radius 2 is 1.61 bits per heavy atom. The molecular formula is C35H38N2O4+2. The maximum atomic E-state index is 13.3. The van der Waals surface area contributed by atoms with Gasteiger partial charge in [-0.25, -0.2) is 4.79 Å². The lowest BCUT2D eigenvalue weighted by atomic mass is 10.00. The highest BCUT2D eigenvalue weighted by molar-refractivity contribution is 6.02. The molecule has 1 aromatic heterocycles. The van der Waals surface area contributed by atoms with Crippen LogP contribution >= 0.6 is 0 Å². The van der Waals surface area contributed by atoms with Gasteiger partial charge in [-0.2, -0.15) is 9.14 Å². The van der Waals surface area contributed by atoms with Gasteiger partial charge in [0.1, 0.15) is 19.9 Å². The number of carbonyl (C=O) groups is 2. The molecule has 0 atom stereocenters. The molecule has 0 spiro atoms. The van der Waals surface area contributed by atoms with Gasteiger partial charge < -0.3 is 9.47 Å². The molecule has 1 aliphatic rings. The zero-order valence-electron chi connectivity index (χ0n) is 24.7. The van der Waals surface area contributed by atoms with Gasteiger partial charge in [0.05, 0.1) is 36.9 Å². The van der Waals surface area contributed by atoms with Crippen LogP contribution in [-0.4, -0.2) is 32.0 Å². The second kappa shape index (κ2) is 13.2. The predicted octanol–water partition coefficient (Wildman–Crippen LogP) is 4.33. The monoisotopic (exact) mass is 550 g/mol. The van der Waals surface area contributed by atoms with Crippen molar-refractivity contribution in [2.24, 2.45) is 7.05 Å². The van der Waals surface area contributed by atoms with Crippen molar-refractivity contribution in [2.45, 2.75) is 34.1 Å². The van der Waals surface area contributed by atoms with Crippen molar-refractivity contribution < 1.29 is 23.6 Å². The van der Waals surface area contributed by atoms with Gasteiger partial charge in [-0.1, -0.05) is 30.3 Å². The van der Waals surface area contributed by atoms with Crippen molar-refractivity contribution in [3.8, 4) is 0 Å². The minimum absolute atomic E-state index is 0.215. The molecule has 0 amide bonds. The zero-order chi connectivity index (χ0) is 29.5. The number of nitrogens with zero attached hydrogens (tertiary/aromatic N) is 2. The number of ketones is 1. The first kappa shape index (κ1) is 29.4. The summed E-state index contributed by atoms with van der Waals surface area (Å²) in [4.78, 5) is 26.3. The number of hydrogen-bond acceptors (Lipinski definition) is 4. The first-order chi connectivity index (χ1) is 19.7. The average Bonchev–Trinajstić information content (AvgIpc) is 2.96. The Balaban J connectivity index is 1.88. The summed E-state index contributed by atoms with van der Waals surface area (Å²) in [7, 11) is 4.00. The number of hydrogen-bond donors (Lipinski definition) is 0. The average molecular weight is 551 g/mol. The van der Waals surface area contributed by atoms with Crippen molar-refractivity contribution in [3.05, 3.63) is 117 Å². The Kier molecular flexibility index (Phi) is 9.45. The molecule has 0 unspecified atom stereocenters. The second-order valence-electron chi connectivity index (χ2n) is 9.91. The first-order valence-corrected chi connectivity index (χ1v) is 13.9. The molecule has 0 saturated carbocycles. The molecule has 0 aliphatic carbocycles. The zero-order valence-corrected chi connectivity index (χ0v) is 24.7. The lowest BCUT2D eigenvalue weighted by molar-refractivity contribution is -0.646. The van der Waals surface area contributed by atoms with Crippen LogP contribution in [0.25, 0.3) is 23.1 Å². The Morgan fingerprint density at radius 1 is 0.902 bits per heavy atom. The van der Waals surface area contributed by atoms with Crippen molar-refractivity contribution in [3.63, 3.8) is 0 Å². The molecule has 6 nitrogen and oxygen atoms in total. The van der Waals surface area contributed by atoms with E-state index < -0.39 is 5.97 Å². The van der Waals surface area contributed by atoms with E-state index in [4.69, 9.17) is 9.47 Å². The van der Waals surface area contributed by atoms with Crippen molar-refractivity contribution in [1.82, 2.24) is 4.58 Å². The number of aromatic nitrogens is 1. The molecule has 3 aromatic rings. The number of aryl methyl sites for hydroxylation is 1. The van der Waals surface area contributed by atoms with E-state index in [1.54, 1.807) is 13.0 Å². The molecule has 210 valence electrons. The Morgan fingerprint density at radius 3 is 2.34 bits per heavy atom. The number of carbonyl (C=O) groups excluding carboxylic acids is 2. The van der Waals surface area contributed by atoms with Gasteiger partial charge in [0.2, 0.25) is 16.6 Å². The minimum atomic E-state index is -0.490. The number of ether oxygens (including phenoxy) is 2. The summed E-state index contributed by atoms with van der Waals surface area (Å²) in [5.74, 6) is -0.312. The maximum absolute atomic E-state index is 13.3. The summed E-state index contributed by atoms with van der Waals surface area (Å²) < 4.78 is 15.6. The van der Waals surface area contributed by atoms with Crippen LogP contribution in [0.1, 0.15) is 39.8 Å². The third kappa shape index (κ3) is 6.60. The van der Waals surface area contributed by atoms with Crippen LogP contribution in [0.5, 0.6) is 0 Å². The van der Waals surface area contributed by atoms with E-state index in [1.807, 2.05) is 82.6 Å². The number of allylic oxidation sites excluding steroid dienone is 4. The molecule has 0 saturated heterocycles. The van der Waals surface area contributed by atoms with Crippen LogP contribution in [0.4, 0.5) is 0 Å². The number of rotatable bonds is 9. The number of benzene rings is 2. The Hall–Kier alpha value is -4.58. The smallest absolute Gasteiger partial charge is 0.338 e. The van der Waals surface area contributed by atoms with Crippen LogP contribution in [0.3, 0.4) is 0 Å². The van der Waals surface area contributed by atoms with E-state index in [1.165, 1.54) is 12.1 Å². The highest BCUT2D eigenvalue weighted by atomic mass is 16.5. The van der Waals surface area contributed by atoms with Crippen LogP contribution in [0.15, 0.2) is 101 Å². The standard InChI is InChI=1S/C35H38N2O4/c1-7-40-34(22-29-20-18-27-14-10-12-16-33(27)37(29)6)31(25(4)38)23-30(35(39)41-8-2)24(3)21-28-19-17-26-13-9-11-15-32(26)36(28)5/h9-18,20-23H,7-8,19H2,1-6H3/q+2/b28-21+,30-24+,31-23-,34-22-. The van der Waals surface area contributed by atoms with E-state index in [9.17, 15) is 9.59 Å². The molecule has 2 heterocycles.